The van der Waals surface area contributed by atoms with Crippen LogP contribution in [0.4, 0.5) is 0 Å². The topological polar surface area (TPSA) is 49.5 Å². The number of oxazole rings is 1. The third-order valence-electron chi connectivity index (χ3n) is 3.45. The minimum Gasteiger partial charge on any atom is -0.441 e. The van der Waals surface area contributed by atoms with Crippen molar-refractivity contribution >= 4 is 0 Å². The van der Waals surface area contributed by atoms with E-state index in [0.717, 1.165) is 18.9 Å². The van der Waals surface area contributed by atoms with Gasteiger partial charge in [-0.05, 0) is 40.2 Å². The fourth-order valence-corrected chi connectivity index (χ4v) is 2.49. The predicted molar refractivity (Wildman–Crippen MR) is 65.6 cm³/mol. The molecule has 0 spiro atoms. The SMILES string of the molecule is CC(O)c1cnc(C2CCCCN2C(C)C)o1. The van der Waals surface area contributed by atoms with Crippen molar-refractivity contribution in [2.24, 2.45) is 0 Å². The third kappa shape index (κ3) is 2.69. The summed E-state index contributed by atoms with van der Waals surface area (Å²) in [6.07, 6.45) is 4.64. The molecule has 0 aliphatic carbocycles. The van der Waals surface area contributed by atoms with E-state index < -0.39 is 6.10 Å². The minimum absolute atomic E-state index is 0.274. The van der Waals surface area contributed by atoms with Crippen molar-refractivity contribution in [1.29, 1.82) is 0 Å². The van der Waals surface area contributed by atoms with Gasteiger partial charge in [-0.3, -0.25) is 4.90 Å². The summed E-state index contributed by atoms with van der Waals surface area (Å²) < 4.78 is 5.66. The van der Waals surface area contributed by atoms with Gasteiger partial charge >= 0.3 is 0 Å². The highest BCUT2D eigenvalue weighted by atomic mass is 16.4. The number of aliphatic hydroxyl groups is 1. The summed E-state index contributed by atoms with van der Waals surface area (Å²) in [4.78, 5) is 6.76. The average Bonchev–Trinajstić information content (AvgIpc) is 2.78. The van der Waals surface area contributed by atoms with Crippen LogP contribution in [-0.2, 0) is 0 Å². The molecule has 1 aliphatic rings. The van der Waals surface area contributed by atoms with Crippen LogP contribution in [0.3, 0.4) is 0 Å². The Kier molecular flexibility index (Phi) is 3.84. The van der Waals surface area contributed by atoms with Crippen molar-refractivity contribution in [1.82, 2.24) is 9.88 Å². The van der Waals surface area contributed by atoms with Gasteiger partial charge in [0.25, 0.3) is 0 Å². The smallest absolute Gasteiger partial charge is 0.211 e. The normalized spacial score (nSPS) is 24.2. The first-order valence-electron chi connectivity index (χ1n) is 6.49. The second kappa shape index (κ2) is 5.19. The Hall–Kier alpha value is -0.870. The number of likely N-dealkylation sites (tertiary alicyclic amines) is 1. The predicted octanol–water partition coefficient (Wildman–Crippen LogP) is 2.66. The van der Waals surface area contributed by atoms with Crippen LogP contribution in [0.15, 0.2) is 10.6 Å². The molecule has 1 aromatic rings. The van der Waals surface area contributed by atoms with E-state index in [9.17, 15) is 5.11 Å². The van der Waals surface area contributed by atoms with E-state index in [4.69, 9.17) is 4.42 Å². The van der Waals surface area contributed by atoms with Gasteiger partial charge in [0.15, 0.2) is 5.76 Å². The van der Waals surface area contributed by atoms with Crippen molar-refractivity contribution in [3.8, 4) is 0 Å². The monoisotopic (exact) mass is 238 g/mol. The van der Waals surface area contributed by atoms with E-state index in [1.165, 1.54) is 12.8 Å². The van der Waals surface area contributed by atoms with E-state index in [0.29, 0.717) is 11.8 Å². The van der Waals surface area contributed by atoms with Crippen LogP contribution >= 0.6 is 0 Å². The van der Waals surface area contributed by atoms with E-state index in [-0.39, 0.29) is 6.04 Å². The summed E-state index contributed by atoms with van der Waals surface area (Å²) in [6.45, 7) is 7.22. The summed E-state index contributed by atoms with van der Waals surface area (Å²) in [6, 6.07) is 0.776. The molecule has 4 nitrogen and oxygen atoms in total. The number of hydrogen-bond donors (Lipinski definition) is 1. The van der Waals surface area contributed by atoms with Gasteiger partial charge < -0.3 is 9.52 Å². The molecule has 1 fully saturated rings. The number of aromatic nitrogens is 1. The largest absolute Gasteiger partial charge is 0.441 e. The van der Waals surface area contributed by atoms with Gasteiger partial charge in [-0.2, -0.15) is 0 Å². The Labute approximate surface area is 103 Å². The zero-order valence-electron chi connectivity index (χ0n) is 10.9. The van der Waals surface area contributed by atoms with E-state index in [1.54, 1.807) is 13.1 Å². The highest BCUT2D eigenvalue weighted by Gasteiger charge is 2.29. The van der Waals surface area contributed by atoms with Crippen molar-refractivity contribution in [3.05, 3.63) is 17.8 Å². The Bertz CT molecular complexity index is 360. The zero-order valence-corrected chi connectivity index (χ0v) is 10.9. The summed E-state index contributed by atoms with van der Waals surface area (Å²) in [5, 5.41) is 9.46. The molecule has 2 rings (SSSR count). The second-order valence-electron chi connectivity index (χ2n) is 5.12. The van der Waals surface area contributed by atoms with Crippen LogP contribution in [0.5, 0.6) is 0 Å². The summed E-state index contributed by atoms with van der Waals surface area (Å²) in [7, 11) is 0. The number of rotatable bonds is 3. The lowest BCUT2D eigenvalue weighted by atomic mass is 10.0. The second-order valence-corrected chi connectivity index (χ2v) is 5.12. The molecule has 1 N–H and O–H groups in total. The zero-order chi connectivity index (χ0) is 12.4. The maximum atomic E-state index is 9.46. The highest BCUT2D eigenvalue weighted by Crippen LogP contribution is 2.32. The van der Waals surface area contributed by atoms with Gasteiger partial charge in [-0.15, -0.1) is 0 Å². The fraction of sp³-hybridized carbons (Fsp3) is 0.769. The van der Waals surface area contributed by atoms with Crippen molar-refractivity contribution in [2.75, 3.05) is 6.54 Å². The van der Waals surface area contributed by atoms with Crippen LogP contribution in [0.25, 0.3) is 0 Å². The van der Waals surface area contributed by atoms with Crippen molar-refractivity contribution < 1.29 is 9.52 Å². The molecular formula is C13H22N2O2. The molecule has 1 saturated heterocycles. The molecule has 1 aromatic heterocycles. The summed E-state index contributed by atoms with van der Waals surface area (Å²) in [5.74, 6) is 1.32. The van der Waals surface area contributed by atoms with Crippen LogP contribution in [0.2, 0.25) is 0 Å². The van der Waals surface area contributed by atoms with Gasteiger partial charge in [-0.25, -0.2) is 4.98 Å². The van der Waals surface area contributed by atoms with E-state index in [1.807, 2.05) is 0 Å². The number of nitrogens with zero attached hydrogens (tertiary/aromatic N) is 2. The number of hydrogen-bond acceptors (Lipinski definition) is 4. The molecule has 0 saturated carbocycles. The average molecular weight is 238 g/mol. The van der Waals surface area contributed by atoms with E-state index >= 15 is 0 Å². The number of piperidine rings is 1. The Morgan fingerprint density at radius 2 is 2.18 bits per heavy atom. The first-order valence-corrected chi connectivity index (χ1v) is 6.49. The van der Waals surface area contributed by atoms with E-state index in [2.05, 4.69) is 23.7 Å². The highest BCUT2D eigenvalue weighted by molar-refractivity contribution is 5.02. The minimum atomic E-state index is -0.577. The van der Waals surface area contributed by atoms with Crippen LogP contribution in [0.1, 0.15) is 63.8 Å². The van der Waals surface area contributed by atoms with Crippen molar-refractivity contribution in [2.45, 2.75) is 58.2 Å². The number of aliphatic hydroxyl groups excluding tert-OH is 1. The maximum absolute atomic E-state index is 9.46. The van der Waals surface area contributed by atoms with Gasteiger partial charge in [0.05, 0.1) is 12.2 Å². The van der Waals surface area contributed by atoms with Gasteiger partial charge in [-0.1, -0.05) is 6.42 Å². The van der Waals surface area contributed by atoms with Crippen LogP contribution < -0.4 is 0 Å². The standard InChI is InChI=1S/C13H22N2O2/c1-9(2)15-7-5-4-6-11(15)13-14-8-12(17-13)10(3)16/h8-11,16H,4-7H2,1-3H3. The molecule has 0 radical (unpaired) electrons. The lowest BCUT2D eigenvalue weighted by molar-refractivity contribution is 0.0868. The molecular weight excluding hydrogens is 216 g/mol. The molecule has 2 unspecified atom stereocenters. The molecule has 4 heteroatoms. The van der Waals surface area contributed by atoms with Gasteiger partial charge in [0.2, 0.25) is 5.89 Å². The Balaban J connectivity index is 2.17. The molecule has 0 amide bonds. The molecule has 2 atom stereocenters. The Morgan fingerprint density at radius 1 is 1.41 bits per heavy atom. The maximum Gasteiger partial charge on any atom is 0.211 e. The fourth-order valence-electron chi connectivity index (χ4n) is 2.49. The summed E-state index contributed by atoms with van der Waals surface area (Å²) >= 11 is 0. The van der Waals surface area contributed by atoms with Crippen molar-refractivity contribution in [3.63, 3.8) is 0 Å². The molecule has 0 bridgehead atoms. The van der Waals surface area contributed by atoms with Crippen LogP contribution in [0, 0.1) is 0 Å². The first kappa shape index (κ1) is 12.6. The lowest BCUT2D eigenvalue weighted by Crippen LogP contribution is -2.38. The molecule has 0 aromatic carbocycles. The molecule has 2 heterocycles. The van der Waals surface area contributed by atoms with Crippen LogP contribution in [-0.4, -0.2) is 27.6 Å². The molecule has 96 valence electrons. The van der Waals surface area contributed by atoms with Gasteiger partial charge in [0, 0.05) is 6.04 Å². The third-order valence-corrected chi connectivity index (χ3v) is 3.45. The summed E-state index contributed by atoms with van der Waals surface area (Å²) in [5.41, 5.74) is 0. The molecule has 1 aliphatic heterocycles. The quantitative estimate of drug-likeness (QED) is 0.879. The van der Waals surface area contributed by atoms with Gasteiger partial charge in [0.1, 0.15) is 6.10 Å². The molecule has 17 heavy (non-hydrogen) atoms. The lowest BCUT2D eigenvalue weighted by Gasteiger charge is -2.36. The Morgan fingerprint density at radius 3 is 2.76 bits per heavy atom. The first-order chi connectivity index (χ1) is 8.09.